The second-order valence-electron chi connectivity index (χ2n) is 4.12. The first-order valence-electron chi connectivity index (χ1n) is 6.06. The van der Waals surface area contributed by atoms with Crippen LogP contribution >= 0.6 is 0 Å². The molecule has 0 spiro atoms. The van der Waals surface area contributed by atoms with Crippen LogP contribution in [0.4, 0.5) is 0 Å². The number of nitrogens with one attached hydrogen (secondary N) is 2. The second-order valence-corrected chi connectivity index (χ2v) is 4.12. The van der Waals surface area contributed by atoms with Crippen molar-refractivity contribution in [3.63, 3.8) is 0 Å². The number of rotatable bonds is 5. The Morgan fingerprint density at radius 2 is 2.06 bits per heavy atom. The van der Waals surface area contributed by atoms with Crippen LogP contribution in [0.5, 0.6) is 0 Å². The molecule has 4 N–H and O–H groups in total. The lowest BCUT2D eigenvalue weighted by Crippen LogP contribution is -2.43. The van der Waals surface area contributed by atoms with Gasteiger partial charge in [-0.05, 0) is 12.8 Å². The average molecular weight is 243 g/mol. The maximum absolute atomic E-state index is 11.4. The highest BCUT2D eigenvalue weighted by Crippen LogP contribution is 2.22. The molecule has 1 heterocycles. The van der Waals surface area contributed by atoms with Crippen molar-refractivity contribution < 1.29 is 14.3 Å². The molecule has 1 aliphatic rings. The van der Waals surface area contributed by atoms with Crippen LogP contribution in [-0.4, -0.2) is 44.2 Å². The number of carbonyl (C=O) groups is 2. The zero-order chi connectivity index (χ0) is 12.7. The first-order valence-corrected chi connectivity index (χ1v) is 6.06. The minimum absolute atomic E-state index is 0.197. The molecule has 98 valence electrons. The van der Waals surface area contributed by atoms with Gasteiger partial charge in [0.05, 0.1) is 6.10 Å². The molecule has 0 radical (unpaired) electrons. The Kier molecular flexibility index (Phi) is 5.93. The molecule has 0 aromatic heterocycles. The molecule has 17 heavy (non-hydrogen) atoms. The van der Waals surface area contributed by atoms with E-state index in [0.29, 0.717) is 25.6 Å². The van der Waals surface area contributed by atoms with E-state index in [1.54, 1.807) is 0 Å². The van der Waals surface area contributed by atoms with Gasteiger partial charge in [-0.15, -0.1) is 0 Å². The van der Waals surface area contributed by atoms with Crippen LogP contribution in [0.2, 0.25) is 0 Å². The van der Waals surface area contributed by atoms with E-state index in [2.05, 4.69) is 17.6 Å². The van der Waals surface area contributed by atoms with Crippen LogP contribution in [0.3, 0.4) is 0 Å². The number of hydrogen-bond acceptors (Lipinski definition) is 4. The van der Waals surface area contributed by atoms with Crippen molar-refractivity contribution in [3.8, 4) is 0 Å². The maximum atomic E-state index is 11.4. The molecule has 6 nitrogen and oxygen atoms in total. The highest BCUT2D eigenvalue weighted by Gasteiger charge is 2.27. The number of nitrogens with two attached hydrogens (primary N) is 1. The van der Waals surface area contributed by atoms with E-state index in [0.717, 1.165) is 19.4 Å². The summed E-state index contributed by atoms with van der Waals surface area (Å²) in [6, 6.07) is 0. The highest BCUT2D eigenvalue weighted by atomic mass is 16.5. The molecule has 1 aliphatic heterocycles. The molecule has 2 amide bonds. The molecule has 0 aliphatic carbocycles. The van der Waals surface area contributed by atoms with Gasteiger partial charge in [-0.3, -0.25) is 9.59 Å². The summed E-state index contributed by atoms with van der Waals surface area (Å²) in [5.74, 6) is -0.908. The van der Waals surface area contributed by atoms with Crippen molar-refractivity contribution in [1.82, 2.24) is 10.6 Å². The third kappa shape index (κ3) is 4.32. The van der Waals surface area contributed by atoms with E-state index < -0.39 is 11.8 Å². The number of amides is 2. The Morgan fingerprint density at radius 3 is 2.71 bits per heavy atom. The fraction of sp³-hybridized carbons (Fsp3) is 0.818. The summed E-state index contributed by atoms with van der Waals surface area (Å²) in [7, 11) is 0. The standard InChI is InChI=1S/C11H21N3O3/c1-2-9-8(3-6-17-9)7-14-11(16)10(15)13-5-4-12/h8-9H,2-7,12H2,1H3,(H,13,15)(H,14,16). The fourth-order valence-electron chi connectivity index (χ4n) is 1.95. The molecular weight excluding hydrogens is 222 g/mol. The van der Waals surface area contributed by atoms with E-state index in [1.165, 1.54) is 0 Å². The number of ether oxygens (including phenoxy) is 1. The molecule has 6 heteroatoms. The van der Waals surface area contributed by atoms with Crippen molar-refractivity contribution in [2.45, 2.75) is 25.9 Å². The first-order chi connectivity index (χ1) is 8.19. The summed E-state index contributed by atoms with van der Waals surface area (Å²) < 4.78 is 5.50. The molecule has 1 saturated heterocycles. The van der Waals surface area contributed by atoms with E-state index >= 15 is 0 Å². The summed E-state index contributed by atoms with van der Waals surface area (Å²) in [6.45, 7) is 3.92. The minimum Gasteiger partial charge on any atom is -0.378 e. The van der Waals surface area contributed by atoms with Gasteiger partial charge >= 0.3 is 11.8 Å². The van der Waals surface area contributed by atoms with E-state index in [-0.39, 0.29) is 6.10 Å². The lowest BCUT2D eigenvalue weighted by Gasteiger charge is -2.16. The lowest BCUT2D eigenvalue weighted by atomic mass is 10.00. The lowest BCUT2D eigenvalue weighted by molar-refractivity contribution is -0.139. The van der Waals surface area contributed by atoms with Gasteiger partial charge in [-0.1, -0.05) is 6.92 Å². The molecular formula is C11H21N3O3. The van der Waals surface area contributed by atoms with Crippen LogP contribution < -0.4 is 16.4 Å². The predicted molar refractivity (Wildman–Crippen MR) is 63.2 cm³/mol. The molecule has 0 aromatic rings. The van der Waals surface area contributed by atoms with E-state index in [1.807, 2.05) is 0 Å². The third-order valence-corrected chi connectivity index (χ3v) is 2.91. The maximum Gasteiger partial charge on any atom is 0.309 e. The Morgan fingerprint density at radius 1 is 1.35 bits per heavy atom. The van der Waals surface area contributed by atoms with Gasteiger partial charge in [0.15, 0.2) is 0 Å². The van der Waals surface area contributed by atoms with Gasteiger partial charge in [0, 0.05) is 32.2 Å². The van der Waals surface area contributed by atoms with Crippen molar-refractivity contribution >= 4 is 11.8 Å². The molecule has 2 unspecified atom stereocenters. The van der Waals surface area contributed by atoms with E-state index in [4.69, 9.17) is 10.5 Å². The van der Waals surface area contributed by atoms with Crippen molar-refractivity contribution in [2.75, 3.05) is 26.2 Å². The van der Waals surface area contributed by atoms with Crippen LogP contribution in [0, 0.1) is 5.92 Å². The Balaban J connectivity index is 2.25. The van der Waals surface area contributed by atoms with Gasteiger partial charge < -0.3 is 21.1 Å². The molecule has 0 bridgehead atoms. The summed E-state index contributed by atoms with van der Waals surface area (Å²) in [5, 5.41) is 5.05. The Bertz CT molecular complexity index is 271. The summed E-state index contributed by atoms with van der Waals surface area (Å²) in [6.07, 6.45) is 2.06. The summed E-state index contributed by atoms with van der Waals surface area (Å²) in [5.41, 5.74) is 5.22. The van der Waals surface area contributed by atoms with E-state index in [9.17, 15) is 9.59 Å². The van der Waals surface area contributed by atoms with Crippen LogP contribution in [-0.2, 0) is 14.3 Å². The predicted octanol–water partition coefficient (Wildman–Crippen LogP) is -1.01. The number of carbonyl (C=O) groups excluding carboxylic acids is 2. The SMILES string of the molecule is CCC1OCCC1CNC(=O)C(=O)NCCN. The third-order valence-electron chi connectivity index (χ3n) is 2.91. The highest BCUT2D eigenvalue weighted by molar-refractivity contribution is 6.35. The molecule has 1 fully saturated rings. The van der Waals surface area contributed by atoms with Gasteiger partial charge in [0.25, 0.3) is 0 Å². The van der Waals surface area contributed by atoms with Crippen LogP contribution in [0.15, 0.2) is 0 Å². The van der Waals surface area contributed by atoms with Crippen molar-refractivity contribution in [1.29, 1.82) is 0 Å². The molecule has 0 saturated carbocycles. The topological polar surface area (TPSA) is 93.4 Å². The summed E-state index contributed by atoms with van der Waals surface area (Å²) in [4.78, 5) is 22.6. The second kappa shape index (κ2) is 7.24. The summed E-state index contributed by atoms with van der Waals surface area (Å²) >= 11 is 0. The smallest absolute Gasteiger partial charge is 0.309 e. The largest absolute Gasteiger partial charge is 0.378 e. The number of hydrogen-bond donors (Lipinski definition) is 3. The van der Waals surface area contributed by atoms with Gasteiger partial charge in [-0.25, -0.2) is 0 Å². The molecule has 1 rings (SSSR count). The zero-order valence-corrected chi connectivity index (χ0v) is 10.2. The monoisotopic (exact) mass is 243 g/mol. The molecule has 0 aromatic carbocycles. The van der Waals surface area contributed by atoms with Gasteiger partial charge in [0.1, 0.15) is 0 Å². The quantitative estimate of drug-likeness (QED) is 0.539. The van der Waals surface area contributed by atoms with Gasteiger partial charge in [0.2, 0.25) is 0 Å². The first kappa shape index (κ1) is 13.9. The van der Waals surface area contributed by atoms with Crippen LogP contribution in [0.25, 0.3) is 0 Å². The molecule has 2 atom stereocenters. The normalized spacial score (nSPS) is 23.4. The zero-order valence-electron chi connectivity index (χ0n) is 10.2. The Labute approximate surface area is 101 Å². The Hall–Kier alpha value is -1.14. The van der Waals surface area contributed by atoms with Crippen molar-refractivity contribution in [3.05, 3.63) is 0 Å². The fourth-order valence-corrected chi connectivity index (χ4v) is 1.95. The minimum atomic E-state index is -0.623. The average Bonchev–Trinajstić information content (AvgIpc) is 2.80. The van der Waals surface area contributed by atoms with Crippen LogP contribution in [0.1, 0.15) is 19.8 Å². The van der Waals surface area contributed by atoms with Gasteiger partial charge in [-0.2, -0.15) is 0 Å². The van der Waals surface area contributed by atoms with Crippen molar-refractivity contribution in [2.24, 2.45) is 11.7 Å².